The Morgan fingerprint density at radius 3 is 2.11 bits per heavy atom. The topological polar surface area (TPSA) is 121 Å². The summed E-state index contributed by atoms with van der Waals surface area (Å²) in [7, 11) is 2.17. The Labute approximate surface area is 200 Å². The maximum absolute atomic E-state index is 10.6. The van der Waals surface area contributed by atoms with Gasteiger partial charge in [0.05, 0.1) is 0 Å². The molecule has 0 amide bonds. The van der Waals surface area contributed by atoms with E-state index in [1.54, 1.807) is 6.20 Å². The lowest BCUT2D eigenvalue weighted by atomic mass is 9.98. The van der Waals surface area contributed by atoms with Crippen LogP contribution in [0.5, 0.6) is 0 Å². The number of alkyl halides is 6. The quantitative estimate of drug-likeness (QED) is 0.488. The molecule has 0 saturated carbocycles. The molecule has 196 valence electrons. The van der Waals surface area contributed by atoms with Gasteiger partial charge in [-0.25, -0.2) is 19.1 Å². The van der Waals surface area contributed by atoms with Gasteiger partial charge in [-0.1, -0.05) is 6.07 Å². The highest BCUT2D eigenvalue weighted by Crippen LogP contribution is 2.25. The van der Waals surface area contributed by atoms with Crippen molar-refractivity contribution in [1.82, 2.24) is 24.5 Å². The molecule has 15 heteroatoms. The highest BCUT2D eigenvalue weighted by atomic mass is 19.4. The molecule has 3 aromatic rings. The SMILES string of the molecule is CN1CCCC(c2nc3ccc(-c4cccnc4)cn3n2)C1.O=C(O)C(F)(F)F.O=C(O)C(F)(F)F. The summed E-state index contributed by atoms with van der Waals surface area (Å²) in [5.41, 5.74) is 3.12. The summed E-state index contributed by atoms with van der Waals surface area (Å²) < 4.78 is 65.4. The summed E-state index contributed by atoms with van der Waals surface area (Å²) in [6, 6.07) is 8.12. The van der Waals surface area contributed by atoms with Gasteiger partial charge in [-0.05, 0) is 44.6 Å². The number of likely N-dealkylation sites (tertiary alicyclic amines) is 1. The molecule has 36 heavy (non-hydrogen) atoms. The monoisotopic (exact) mass is 521 g/mol. The summed E-state index contributed by atoms with van der Waals surface area (Å²) in [5.74, 6) is -4.10. The molecular weight excluding hydrogens is 500 g/mol. The summed E-state index contributed by atoms with van der Waals surface area (Å²) in [6.45, 7) is 2.22. The fourth-order valence-corrected chi connectivity index (χ4v) is 3.15. The normalized spacial score (nSPS) is 16.4. The van der Waals surface area contributed by atoms with Gasteiger partial charge in [0.1, 0.15) is 0 Å². The number of piperidine rings is 1. The van der Waals surface area contributed by atoms with Crippen LogP contribution in [0.4, 0.5) is 26.3 Å². The molecule has 3 aromatic heterocycles. The average molecular weight is 521 g/mol. The second kappa shape index (κ2) is 11.8. The van der Waals surface area contributed by atoms with Crippen LogP contribution >= 0.6 is 0 Å². The molecule has 0 aliphatic carbocycles. The number of likely N-dealkylation sites (N-methyl/N-ethyl adjacent to an activating group) is 1. The summed E-state index contributed by atoms with van der Waals surface area (Å²) >= 11 is 0. The van der Waals surface area contributed by atoms with Crippen molar-refractivity contribution in [2.75, 3.05) is 20.1 Å². The first-order valence-electron chi connectivity index (χ1n) is 10.2. The molecule has 1 aliphatic heterocycles. The van der Waals surface area contributed by atoms with E-state index in [-0.39, 0.29) is 0 Å². The van der Waals surface area contributed by atoms with Crippen molar-refractivity contribution < 1.29 is 46.1 Å². The Kier molecular flexibility index (Phi) is 9.33. The number of aromatic nitrogens is 4. The molecule has 0 bridgehead atoms. The number of halogens is 6. The summed E-state index contributed by atoms with van der Waals surface area (Å²) in [4.78, 5) is 29.0. The number of rotatable bonds is 2. The minimum Gasteiger partial charge on any atom is -0.475 e. The molecule has 1 fully saturated rings. The maximum Gasteiger partial charge on any atom is 0.490 e. The van der Waals surface area contributed by atoms with Gasteiger partial charge in [0.25, 0.3) is 0 Å². The van der Waals surface area contributed by atoms with E-state index in [0.717, 1.165) is 29.1 Å². The number of pyridine rings is 2. The van der Waals surface area contributed by atoms with Crippen molar-refractivity contribution in [3.63, 3.8) is 0 Å². The van der Waals surface area contributed by atoms with Crippen LogP contribution in [0.25, 0.3) is 16.8 Å². The maximum atomic E-state index is 10.6. The van der Waals surface area contributed by atoms with Crippen LogP contribution in [0.1, 0.15) is 24.6 Å². The molecule has 1 unspecified atom stereocenters. The van der Waals surface area contributed by atoms with Crippen LogP contribution in [0.2, 0.25) is 0 Å². The molecule has 0 radical (unpaired) electrons. The Morgan fingerprint density at radius 2 is 1.61 bits per heavy atom. The molecule has 0 spiro atoms. The van der Waals surface area contributed by atoms with Gasteiger partial charge in [-0.3, -0.25) is 4.98 Å². The fourth-order valence-electron chi connectivity index (χ4n) is 3.15. The Bertz CT molecular complexity index is 1140. The number of nitrogens with zero attached hydrogens (tertiary/aromatic N) is 5. The summed E-state index contributed by atoms with van der Waals surface area (Å²) in [5, 5.41) is 19.0. The lowest BCUT2D eigenvalue weighted by molar-refractivity contribution is -0.193. The minimum atomic E-state index is -5.08. The third-order valence-corrected chi connectivity index (χ3v) is 4.82. The molecule has 1 atom stereocenters. The molecule has 1 saturated heterocycles. The number of carboxylic acid groups (broad SMARTS) is 2. The molecule has 0 aromatic carbocycles. The molecular formula is C21H21F6N5O4. The molecule has 4 rings (SSSR count). The Hall–Kier alpha value is -3.75. The van der Waals surface area contributed by atoms with Gasteiger partial charge >= 0.3 is 24.3 Å². The molecule has 4 heterocycles. The van der Waals surface area contributed by atoms with Crippen LogP contribution in [-0.4, -0.2) is 79.1 Å². The van der Waals surface area contributed by atoms with Gasteiger partial charge in [0.15, 0.2) is 11.5 Å². The summed E-state index contributed by atoms with van der Waals surface area (Å²) in [6.07, 6.45) is -2.08. The van der Waals surface area contributed by atoms with Gasteiger partial charge in [-0.15, -0.1) is 0 Å². The number of carbonyl (C=O) groups is 2. The van der Waals surface area contributed by atoms with Crippen molar-refractivity contribution in [3.05, 3.63) is 48.7 Å². The van der Waals surface area contributed by atoms with Crippen molar-refractivity contribution in [1.29, 1.82) is 0 Å². The van der Waals surface area contributed by atoms with Gasteiger partial charge < -0.3 is 15.1 Å². The largest absolute Gasteiger partial charge is 0.490 e. The third kappa shape index (κ3) is 8.48. The molecule has 2 N–H and O–H groups in total. The number of hydrogen-bond donors (Lipinski definition) is 2. The first-order chi connectivity index (χ1) is 16.7. The first-order valence-corrected chi connectivity index (χ1v) is 10.2. The van der Waals surface area contributed by atoms with Crippen LogP contribution in [0, 0.1) is 0 Å². The zero-order valence-electron chi connectivity index (χ0n) is 18.7. The first kappa shape index (κ1) is 28.5. The lowest BCUT2D eigenvalue weighted by Gasteiger charge is -2.27. The van der Waals surface area contributed by atoms with E-state index in [4.69, 9.17) is 29.9 Å². The highest BCUT2D eigenvalue weighted by molar-refractivity contribution is 5.73. The second-order valence-electron chi connectivity index (χ2n) is 7.64. The van der Waals surface area contributed by atoms with Gasteiger partial charge in [0.2, 0.25) is 0 Å². The van der Waals surface area contributed by atoms with Crippen molar-refractivity contribution in [3.8, 4) is 11.1 Å². The van der Waals surface area contributed by atoms with Gasteiger partial charge in [-0.2, -0.15) is 31.4 Å². The molecule has 9 nitrogen and oxygen atoms in total. The van der Waals surface area contributed by atoms with E-state index in [0.29, 0.717) is 5.92 Å². The number of aliphatic carboxylic acids is 2. The lowest BCUT2D eigenvalue weighted by Crippen LogP contribution is -2.31. The molecule has 1 aliphatic rings. The number of fused-ring (bicyclic) bond motifs is 1. The Balaban J connectivity index is 0.000000271. The van der Waals surface area contributed by atoms with Crippen molar-refractivity contribution in [2.24, 2.45) is 0 Å². The number of hydrogen-bond acceptors (Lipinski definition) is 6. The van der Waals surface area contributed by atoms with E-state index in [1.807, 2.05) is 29.0 Å². The second-order valence-corrected chi connectivity index (χ2v) is 7.64. The van der Waals surface area contributed by atoms with Crippen LogP contribution in [-0.2, 0) is 9.59 Å². The van der Waals surface area contributed by atoms with E-state index >= 15 is 0 Å². The highest BCUT2D eigenvalue weighted by Gasteiger charge is 2.38. The Morgan fingerprint density at radius 1 is 1.00 bits per heavy atom. The van der Waals surface area contributed by atoms with Crippen LogP contribution in [0.3, 0.4) is 0 Å². The van der Waals surface area contributed by atoms with Crippen molar-refractivity contribution in [2.45, 2.75) is 31.1 Å². The number of carboxylic acids is 2. The van der Waals surface area contributed by atoms with E-state index in [2.05, 4.69) is 29.1 Å². The predicted molar refractivity (Wildman–Crippen MR) is 113 cm³/mol. The third-order valence-electron chi connectivity index (χ3n) is 4.82. The van der Waals surface area contributed by atoms with E-state index in [1.165, 1.54) is 19.4 Å². The van der Waals surface area contributed by atoms with Crippen LogP contribution < -0.4 is 0 Å². The van der Waals surface area contributed by atoms with Crippen LogP contribution in [0.15, 0.2) is 42.9 Å². The zero-order valence-corrected chi connectivity index (χ0v) is 18.7. The minimum absolute atomic E-state index is 0.445. The predicted octanol–water partition coefficient (Wildman–Crippen LogP) is 3.87. The van der Waals surface area contributed by atoms with Crippen molar-refractivity contribution >= 4 is 17.6 Å². The van der Waals surface area contributed by atoms with Gasteiger partial charge in [0, 0.05) is 42.2 Å². The standard InChI is InChI=1S/C17H19N5.2C2HF3O2/c1-21-9-3-5-15(11-21)17-19-16-7-6-14(12-22(16)20-17)13-4-2-8-18-10-13;2*3-2(4,5)1(6)7/h2,4,6-8,10,12,15H,3,5,9,11H2,1H3;2*(H,6,7). The van der Waals surface area contributed by atoms with E-state index < -0.39 is 24.3 Å². The fraction of sp³-hybridized carbons (Fsp3) is 0.381. The smallest absolute Gasteiger partial charge is 0.475 e. The average Bonchev–Trinajstić information content (AvgIpc) is 3.23. The van der Waals surface area contributed by atoms with E-state index in [9.17, 15) is 26.3 Å². The zero-order chi connectivity index (χ0) is 27.1.